The molecule has 1 N–H and O–H groups in total. The minimum atomic E-state index is -0.142. The lowest BCUT2D eigenvalue weighted by Gasteiger charge is -2.48. The van der Waals surface area contributed by atoms with Crippen LogP contribution in [-0.4, -0.2) is 36.3 Å². The quantitative estimate of drug-likeness (QED) is 0.924. The summed E-state index contributed by atoms with van der Waals surface area (Å²) in [6.07, 6.45) is 3.03. The maximum atomic E-state index is 6.14. The van der Waals surface area contributed by atoms with E-state index in [9.17, 15) is 0 Å². The van der Waals surface area contributed by atoms with Crippen molar-refractivity contribution in [2.75, 3.05) is 25.0 Å². The number of nitrogens with one attached hydrogen (secondary N) is 1. The minimum absolute atomic E-state index is 0.142. The van der Waals surface area contributed by atoms with Gasteiger partial charge in [-0.15, -0.1) is 0 Å². The fraction of sp³-hybridized carbons (Fsp3) is 0.706. The highest BCUT2D eigenvalue weighted by molar-refractivity contribution is 5.46. The van der Waals surface area contributed by atoms with Crippen LogP contribution in [0.5, 0.6) is 0 Å². The molecule has 1 aromatic rings. The van der Waals surface area contributed by atoms with Gasteiger partial charge in [-0.05, 0) is 53.3 Å². The van der Waals surface area contributed by atoms with Crippen LogP contribution >= 0.6 is 0 Å². The Hall–Kier alpha value is -1.13. The Morgan fingerprint density at radius 3 is 2.29 bits per heavy atom. The zero-order valence-electron chi connectivity index (χ0n) is 14.2. The van der Waals surface area contributed by atoms with E-state index in [1.807, 2.05) is 13.2 Å². The van der Waals surface area contributed by atoms with Crippen molar-refractivity contribution in [3.63, 3.8) is 0 Å². The van der Waals surface area contributed by atoms with Crippen LogP contribution in [0.2, 0.25) is 0 Å². The molecule has 2 rings (SSSR count). The molecule has 1 aliphatic heterocycles. The second-order valence-corrected chi connectivity index (χ2v) is 7.17. The van der Waals surface area contributed by atoms with Gasteiger partial charge in [0.05, 0.1) is 28.8 Å². The maximum absolute atomic E-state index is 6.14. The van der Waals surface area contributed by atoms with Crippen molar-refractivity contribution in [3.8, 4) is 0 Å². The Bertz CT molecular complexity index is 447. The average Bonchev–Trinajstić information content (AvgIpc) is 2.37. The predicted molar refractivity (Wildman–Crippen MR) is 87.8 cm³/mol. The monoisotopic (exact) mass is 291 g/mol. The molecule has 4 heteroatoms. The molecule has 0 amide bonds. The lowest BCUT2D eigenvalue weighted by Crippen LogP contribution is -2.57. The zero-order valence-corrected chi connectivity index (χ0v) is 14.2. The maximum Gasteiger partial charge on any atom is 0.0808 e. The highest BCUT2D eigenvalue weighted by Gasteiger charge is 2.38. The highest BCUT2D eigenvalue weighted by Crippen LogP contribution is 2.31. The third-order valence-corrected chi connectivity index (χ3v) is 3.95. The van der Waals surface area contributed by atoms with Gasteiger partial charge < -0.3 is 15.0 Å². The summed E-state index contributed by atoms with van der Waals surface area (Å²) in [5.41, 5.74) is 2.00. The molecule has 4 nitrogen and oxygen atoms in total. The van der Waals surface area contributed by atoms with E-state index < -0.39 is 0 Å². The van der Waals surface area contributed by atoms with Gasteiger partial charge in [0, 0.05) is 19.1 Å². The molecule has 0 bridgehead atoms. The third kappa shape index (κ3) is 3.95. The SMILES string of the molecule is CCC(NC)c1ccc(N2CC(C)(C)OC(C)(C)C2)cn1. The smallest absolute Gasteiger partial charge is 0.0808 e. The second kappa shape index (κ2) is 5.93. The predicted octanol–water partition coefficient (Wildman–Crippen LogP) is 3.15. The number of hydrogen-bond donors (Lipinski definition) is 1. The summed E-state index contributed by atoms with van der Waals surface area (Å²) in [7, 11) is 1.98. The van der Waals surface area contributed by atoms with E-state index in [4.69, 9.17) is 4.74 Å². The Balaban J connectivity index is 2.18. The summed E-state index contributed by atoms with van der Waals surface area (Å²) >= 11 is 0. The first-order chi connectivity index (χ1) is 9.76. The van der Waals surface area contributed by atoms with E-state index in [1.165, 1.54) is 5.69 Å². The van der Waals surface area contributed by atoms with Crippen molar-refractivity contribution in [1.29, 1.82) is 0 Å². The molecular weight excluding hydrogens is 262 g/mol. The van der Waals surface area contributed by atoms with E-state index in [0.29, 0.717) is 6.04 Å². The van der Waals surface area contributed by atoms with Gasteiger partial charge in [-0.2, -0.15) is 0 Å². The Morgan fingerprint density at radius 2 is 1.86 bits per heavy atom. The molecule has 21 heavy (non-hydrogen) atoms. The van der Waals surface area contributed by atoms with E-state index >= 15 is 0 Å². The van der Waals surface area contributed by atoms with Crippen LogP contribution in [-0.2, 0) is 4.74 Å². The van der Waals surface area contributed by atoms with Gasteiger partial charge >= 0.3 is 0 Å². The fourth-order valence-corrected chi connectivity index (χ4v) is 3.32. The van der Waals surface area contributed by atoms with E-state index in [-0.39, 0.29) is 11.2 Å². The molecule has 1 aliphatic rings. The van der Waals surface area contributed by atoms with Crippen LogP contribution in [0.15, 0.2) is 18.3 Å². The number of rotatable bonds is 4. The van der Waals surface area contributed by atoms with Crippen LogP contribution in [0.25, 0.3) is 0 Å². The summed E-state index contributed by atoms with van der Waals surface area (Å²) in [4.78, 5) is 7.02. The number of anilines is 1. The lowest BCUT2D eigenvalue weighted by atomic mass is 9.98. The number of morpholine rings is 1. The van der Waals surface area contributed by atoms with E-state index in [1.54, 1.807) is 0 Å². The first-order valence-electron chi connectivity index (χ1n) is 7.85. The van der Waals surface area contributed by atoms with Gasteiger partial charge in [0.15, 0.2) is 0 Å². The van der Waals surface area contributed by atoms with Gasteiger partial charge in [-0.25, -0.2) is 0 Å². The van der Waals surface area contributed by atoms with Crippen LogP contribution in [0.4, 0.5) is 5.69 Å². The molecule has 0 spiro atoms. The molecule has 1 saturated heterocycles. The fourth-order valence-electron chi connectivity index (χ4n) is 3.32. The van der Waals surface area contributed by atoms with Crippen molar-refractivity contribution >= 4 is 5.69 Å². The molecule has 0 saturated carbocycles. The van der Waals surface area contributed by atoms with Crippen molar-refractivity contribution in [2.45, 2.75) is 58.3 Å². The van der Waals surface area contributed by atoms with Gasteiger partial charge in [-0.3, -0.25) is 4.98 Å². The molecule has 0 aliphatic carbocycles. The summed E-state index contributed by atoms with van der Waals surface area (Å²) in [5, 5.41) is 3.30. The number of hydrogen-bond acceptors (Lipinski definition) is 4. The van der Waals surface area contributed by atoms with Gasteiger partial charge in [-0.1, -0.05) is 6.92 Å². The molecule has 1 unspecified atom stereocenters. The summed E-state index contributed by atoms with van der Waals surface area (Å²) in [6, 6.07) is 4.64. The first kappa shape index (κ1) is 16.2. The van der Waals surface area contributed by atoms with Crippen LogP contribution in [0.3, 0.4) is 0 Å². The van der Waals surface area contributed by atoms with Gasteiger partial charge in [0.1, 0.15) is 0 Å². The van der Waals surface area contributed by atoms with Crippen LogP contribution in [0, 0.1) is 0 Å². The summed E-state index contributed by atoms with van der Waals surface area (Å²) in [5.74, 6) is 0. The first-order valence-corrected chi connectivity index (χ1v) is 7.85. The van der Waals surface area contributed by atoms with E-state index in [2.05, 4.69) is 62.0 Å². The molecule has 118 valence electrons. The molecular formula is C17H29N3O. The van der Waals surface area contributed by atoms with Crippen molar-refractivity contribution < 1.29 is 4.74 Å². The van der Waals surface area contributed by atoms with Crippen LogP contribution in [0.1, 0.15) is 52.8 Å². The highest BCUT2D eigenvalue weighted by atomic mass is 16.5. The van der Waals surface area contributed by atoms with Crippen LogP contribution < -0.4 is 10.2 Å². The Labute approximate surface area is 128 Å². The van der Waals surface area contributed by atoms with E-state index in [0.717, 1.165) is 25.2 Å². The minimum Gasteiger partial charge on any atom is -0.366 e. The summed E-state index contributed by atoms with van der Waals surface area (Å²) < 4.78 is 6.14. The van der Waals surface area contributed by atoms with Gasteiger partial charge in [0.25, 0.3) is 0 Å². The lowest BCUT2D eigenvalue weighted by molar-refractivity contribution is -0.133. The van der Waals surface area contributed by atoms with Crippen molar-refractivity contribution in [2.24, 2.45) is 0 Å². The van der Waals surface area contributed by atoms with Crippen molar-refractivity contribution in [1.82, 2.24) is 10.3 Å². The number of aromatic nitrogens is 1. The third-order valence-electron chi connectivity index (χ3n) is 3.95. The standard InChI is InChI=1S/C17H29N3O/c1-7-14(18-6)15-9-8-13(10-19-15)20-11-16(2,3)21-17(4,5)12-20/h8-10,14,18H,7,11-12H2,1-6H3. The van der Waals surface area contributed by atoms with Gasteiger partial charge in [0.2, 0.25) is 0 Å². The average molecular weight is 291 g/mol. The Kier molecular flexibility index (Phi) is 4.59. The molecule has 0 aromatic carbocycles. The number of ether oxygens (including phenoxy) is 1. The number of pyridine rings is 1. The molecule has 1 aromatic heterocycles. The molecule has 1 fully saturated rings. The molecule has 2 heterocycles. The van der Waals surface area contributed by atoms with Crippen molar-refractivity contribution in [3.05, 3.63) is 24.0 Å². The second-order valence-electron chi connectivity index (χ2n) is 7.17. The topological polar surface area (TPSA) is 37.4 Å². The largest absolute Gasteiger partial charge is 0.366 e. The summed E-state index contributed by atoms with van der Waals surface area (Å²) in [6.45, 7) is 12.5. The zero-order chi connectivity index (χ0) is 15.7. The normalized spacial score (nSPS) is 22.1. The number of nitrogens with zero attached hydrogens (tertiary/aromatic N) is 2. The molecule has 1 atom stereocenters. The Morgan fingerprint density at radius 1 is 1.24 bits per heavy atom. The molecule has 0 radical (unpaired) electrons.